The summed E-state index contributed by atoms with van der Waals surface area (Å²) in [5.74, 6) is -0.273. The van der Waals surface area contributed by atoms with Gasteiger partial charge in [0.05, 0.1) is 17.6 Å². The summed E-state index contributed by atoms with van der Waals surface area (Å²) in [5, 5.41) is 0.475. The number of amides is 1. The zero-order valence-electron chi connectivity index (χ0n) is 13.7. The summed E-state index contributed by atoms with van der Waals surface area (Å²) in [7, 11) is -3.77. The molecule has 0 N–H and O–H groups in total. The molecule has 1 aliphatic heterocycles. The van der Waals surface area contributed by atoms with Crippen molar-refractivity contribution in [3.05, 3.63) is 29.3 Å². The van der Waals surface area contributed by atoms with E-state index in [0.717, 1.165) is 12.8 Å². The molecule has 2 fully saturated rings. The molecule has 1 atom stereocenters. The highest BCUT2D eigenvalue weighted by Crippen LogP contribution is 2.42. The van der Waals surface area contributed by atoms with Gasteiger partial charge >= 0.3 is 0 Å². The Morgan fingerprint density at radius 2 is 1.88 bits per heavy atom. The Morgan fingerprint density at radius 3 is 2.46 bits per heavy atom. The molecule has 0 aromatic heterocycles. The number of morpholine rings is 1. The van der Waals surface area contributed by atoms with Gasteiger partial charge in [0.2, 0.25) is 5.91 Å². The molecule has 1 aromatic rings. The van der Waals surface area contributed by atoms with Crippen molar-refractivity contribution in [1.82, 2.24) is 4.90 Å². The molecule has 1 saturated heterocycles. The van der Waals surface area contributed by atoms with Gasteiger partial charge in [0.15, 0.2) is 14.6 Å². The molecule has 1 aliphatic carbocycles. The number of carbonyl (C=O) groups excluding carboxylic acids is 1. The lowest BCUT2D eigenvalue weighted by molar-refractivity contribution is -0.140. The van der Waals surface area contributed by atoms with Gasteiger partial charge in [-0.15, -0.1) is 0 Å². The molecule has 3 rings (SSSR count). The quantitative estimate of drug-likeness (QED) is 0.819. The van der Waals surface area contributed by atoms with Crippen molar-refractivity contribution in [1.29, 1.82) is 0 Å². The summed E-state index contributed by atoms with van der Waals surface area (Å²) in [6, 6.07) is 6.09. The molecule has 1 amide bonds. The molecule has 7 heteroatoms. The fourth-order valence-electron chi connectivity index (χ4n) is 3.67. The number of halogens is 1. The molecule has 2 aliphatic rings. The lowest BCUT2D eigenvalue weighted by atomic mass is 10.0. The first-order valence-corrected chi connectivity index (χ1v) is 10.1. The van der Waals surface area contributed by atoms with Gasteiger partial charge in [-0.3, -0.25) is 4.79 Å². The minimum atomic E-state index is -3.77. The SMILES string of the molecule is C[C@H]1CN(C(=O)C2(S(=O)(=O)c3ccc(Cl)cc3)CCCC2)CCO1. The van der Waals surface area contributed by atoms with E-state index in [9.17, 15) is 13.2 Å². The second kappa shape index (κ2) is 6.65. The van der Waals surface area contributed by atoms with Crippen LogP contribution in [0.3, 0.4) is 0 Å². The Balaban J connectivity index is 1.98. The normalized spacial score (nSPS) is 24.1. The number of sulfone groups is 1. The van der Waals surface area contributed by atoms with Crippen LogP contribution in [0.1, 0.15) is 32.6 Å². The predicted octanol–water partition coefficient (Wildman–Crippen LogP) is 2.67. The van der Waals surface area contributed by atoms with Crippen molar-refractivity contribution in [2.75, 3.05) is 19.7 Å². The van der Waals surface area contributed by atoms with Crippen molar-refractivity contribution >= 4 is 27.3 Å². The zero-order valence-corrected chi connectivity index (χ0v) is 15.3. The lowest BCUT2D eigenvalue weighted by Gasteiger charge is -2.37. The van der Waals surface area contributed by atoms with E-state index in [0.29, 0.717) is 37.6 Å². The molecular weight excluding hydrogens is 350 g/mol. The van der Waals surface area contributed by atoms with E-state index in [1.165, 1.54) is 12.1 Å². The average Bonchev–Trinajstić information content (AvgIpc) is 3.06. The first kappa shape index (κ1) is 17.7. The summed E-state index contributed by atoms with van der Waals surface area (Å²) < 4.78 is 30.8. The topological polar surface area (TPSA) is 63.7 Å². The number of ether oxygens (including phenoxy) is 1. The standard InChI is InChI=1S/C17H22ClNO4S/c1-13-12-19(10-11-23-13)16(20)17(8-2-3-9-17)24(21,22)15-6-4-14(18)5-7-15/h4-7,13H,2-3,8-12H2,1H3/t13-/m0/s1. The molecule has 132 valence electrons. The van der Waals surface area contributed by atoms with E-state index in [1.807, 2.05) is 6.92 Å². The van der Waals surface area contributed by atoms with Crippen LogP contribution in [0.4, 0.5) is 0 Å². The third-order valence-electron chi connectivity index (χ3n) is 4.97. The Hall–Kier alpha value is -1.11. The van der Waals surface area contributed by atoms with Gasteiger partial charge in [0.1, 0.15) is 0 Å². The number of carbonyl (C=O) groups is 1. The van der Waals surface area contributed by atoms with Crippen LogP contribution in [0.25, 0.3) is 0 Å². The van der Waals surface area contributed by atoms with Gasteiger partial charge in [0, 0.05) is 18.1 Å². The predicted molar refractivity (Wildman–Crippen MR) is 91.8 cm³/mol. The summed E-state index contributed by atoms with van der Waals surface area (Å²) in [5.41, 5.74) is 0. The maximum atomic E-state index is 13.3. The van der Waals surface area contributed by atoms with E-state index < -0.39 is 14.6 Å². The van der Waals surface area contributed by atoms with Crippen molar-refractivity contribution in [3.8, 4) is 0 Å². The Kier molecular flexibility index (Phi) is 4.91. The van der Waals surface area contributed by atoms with Crippen LogP contribution in [0.15, 0.2) is 29.2 Å². The van der Waals surface area contributed by atoms with Gasteiger partial charge in [-0.2, -0.15) is 0 Å². The lowest BCUT2D eigenvalue weighted by Crippen LogP contribution is -2.56. The van der Waals surface area contributed by atoms with E-state index in [-0.39, 0.29) is 16.9 Å². The van der Waals surface area contributed by atoms with E-state index in [1.54, 1.807) is 17.0 Å². The maximum absolute atomic E-state index is 13.3. The Labute approximate surface area is 147 Å². The number of hydrogen-bond donors (Lipinski definition) is 0. The van der Waals surface area contributed by atoms with E-state index in [4.69, 9.17) is 16.3 Å². The molecular formula is C17H22ClNO4S. The molecule has 0 radical (unpaired) electrons. The molecule has 1 aromatic carbocycles. The first-order chi connectivity index (χ1) is 11.4. The summed E-state index contributed by atoms with van der Waals surface area (Å²) in [6.45, 7) is 3.23. The van der Waals surface area contributed by atoms with Crippen LogP contribution < -0.4 is 0 Å². The number of hydrogen-bond acceptors (Lipinski definition) is 4. The van der Waals surface area contributed by atoms with Crippen LogP contribution in [0.2, 0.25) is 5.02 Å². The third kappa shape index (κ3) is 2.95. The van der Waals surface area contributed by atoms with Gasteiger partial charge < -0.3 is 9.64 Å². The molecule has 0 bridgehead atoms. The van der Waals surface area contributed by atoms with Crippen LogP contribution in [-0.2, 0) is 19.4 Å². The maximum Gasteiger partial charge on any atom is 0.244 e. The van der Waals surface area contributed by atoms with Crippen LogP contribution in [0.5, 0.6) is 0 Å². The summed E-state index contributed by atoms with van der Waals surface area (Å²) in [4.78, 5) is 15.0. The molecule has 24 heavy (non-hydrogen) atoms. The second-order valence-corrected chi connectivity index (χ2v) is 9.29. The number of benzene rings is 1. The molecule has 0 unspecified atom stereocenters. The minimum Gasteiger partial charge on any atom is -0.375 e. The van der Waals surface area contributed by atoms with Crippen LogP contribution in [-0.4, -0.2) is 49.8 Å². The first-order valence-electron chi connectivity index (χ1n) is 8.28. The highest BCUT2D eigenvalue weighted by Gasteiger charge is 2.54. The highest BCUT2D eigenvalue weighted by atomic mass is 35.5. The monoisotopic (exact) mass is 371 g/mol. The van der Waals surface area contributed by atoms with Gasteiger partial charge in [-0.25, -0.2) is 8.42 Å². The van der Waals surface area contributed by atoms with Gasteiger partial charge in [-0.05, 0) is 44.0 Å². The van der Waals surface area contributed by atoms with Crippen molar-refractivity contribution in [2.24, 2.45) is 0 Å². The smallest absolute Gasteiger partial charge is 0.244 e. The number of nitrogens with zero attached hydrogens (tertiary/aromatic N) is 1. The van der Waals surface area contributed by atoms with Gasteiger partial charge in [0.25, 0.3) is 0 Å². The molecule has 1 heterocycles. The number of rotatable bonds is 3. The summed E-state index contributed by atoms with van der Waals surface area (Å²) in [6.07, 6.45) is 2.18. The van der Waals surface area contributed by atoms with Crippen molar-refractivity contribution < 1.29 is 17.9 Å². The highest BCUT2D eigenvalue weighted by molar-refractivity contribution is 7.93. The zero-order chi connectivity index (χ0) is 17.4. The molecule has 5 nitrogen and oxygen atoms in total. The summed E-state index contributed by atoms with van der Waals surface area (Å²) >= 11 is 5.87. The van der Waals surface area contributed by atoms with E-state index >= 15 is 0 Å². The van der Waals surface area contributed by atoms with Crippen molar-refractivity contribution in [2.45, 2.75) is 48.4 Å². The Bertz CT molecular complexity index is 711. The van der Waals surface area contributed by atoms with E-state index in [2.05, 4.69) is 0 Å². The fourth-order valence-corrected chi connectivity index (χ4v) is 5.93. The second-order valence-electron chi connectivity index (χ2n) is 6.59. The average molecular weight is 372 g/mol. The van der Waals surface area contributed by atoms with Gasteiger partial charge in [-0.1, -0.05) is 24.4 Å². The molecule has 0 spiro atoms. The molecule has 1 saturated carbocycles. The van der Waals surface area contributed by atoms with Crippen LogP contribution >= 0.6 is 11.6 Å². The minimum absolute atomic E-state index is 0.0700. The third-order valence-corrected chi connectivity index (χ3v) is 7.72. The fraction of sp³-hybridized carbons (Fsp3) is 0.588. The Morgan fingerprint density at radius 1 is 1.25 bits per heavy atom. The van der Waals surface area contributed by atoms with Crippen LogP contribution in [0, 0.1) is 0 Å². The largest absolute Gasteiger partial charge is 0.375 e. The van der Waals surface area contributed by atoms with Crippen molar-refractivity contribution in [3.63, 3.8) is 0 Å².